The monoisotopic (exact) mass is 390 g/mol. The third kappa shape index (κ3) is 4.22. The summed E-state index contributed by atoms with van der Waals surface area (Å²) in [5.74, 6) is -3.91. The maximum absolute atomic E-state index is 11.9. The van der Waals surface area contributed by atoms with E-state index in [1.54, 1.807) is 0 Å². The molecular formula is C13H10O10S2-2. The van der Waals surface area contributed by atoms with Crippen LogP contribution in [0.5, 0.6) is 0 Å². The molecule has 1 aliphatic heterocycles. The van der Waals surface area contributed by atoms with Crippen molar-refractivity contribution in [1.29, 1.82) is 0 Å². The van der Waals surface area contributed by atoms with Crippen molar-refractivity contribution in [2.24, 2.45) is 0 Å². The molecule has 1 aliphatic rings. The van der Waals surface area contributed by atoms with Crippen LogP contribution in [0.2, 0.25) is 0 Å². The minimum absolute atomic E-state index is 0.556. The molecule has 25 heavy (non-hydrogen) atoms. The maximum Gasteiger partial charge on any atom is 0.348 e. The Morgan fingerprint density at radius 3 is 1.92 bits per heavy atom. The fourth-order valence-corrected chi connectivity index (χ4v) is 3.10. The largest absolute Gasteiger partial charge is 0.744 e. The summed E-state index contributed by atoms with van der Waals surface area (Å²) < 4.78 is 76.6. The first kappa shape index (κ1) is 19.1. The van der Waals surface area contributed by atoms with E-state index in [0.29, 0.717) is 24.3 Å². The van der Waals surface area contributed by atoms with Crippen LogP contribution in [0.4, 0.5) is 0 Å². The van der Waals surface area contributed by atoms with Crippen molar-refractivity contribution < 1.29 is 45.0 Å². The molecule has 1 aromatic carbocycles. The lowest BCUT2D eigenvalue weighted by Gasteiger charge is -2.29. The van der Waals surface area contributed by atoms with E-state index in [1.165, 1.54) is 13.8 Å². The molecule has 0 N–H and O–H groups in total. The third-order valence-electron chi connectivity index (χ3n) is 2.96. The molecule has 0 amide bonds. The first-order valence-electron chi connectivity index (χ1n) is 6.45. The van der Waals surface area contributed by atoms with Crippen LogP contribution in [0.25, 0.3) is 6.08 Å². The molecule has 1 aromatic rings. The van der Waals surface area contributed by atoms with Gasteiger partial charge in [-0.15, -0.1) is 0 Å². The van der Waals surface area contributed by atoms with E-state index >= 15 is 0 Å². The van der Waals surface area contributed by atoms with Crippen LogP contribution >= 0.6 is 0 Å². The molecule has 1 saturated heterocycles. The highest BCUT2D eigenvalue weighted by atomic mass is 32.2. The summed E-state index contributed by atoms with van der Waals surface area (Å²) in [6, 6.07) is 1.76. The van der Waals surface area contributed by atoms with Gasteiger partial charge < -0.3 is 18.6 Å². The minimum atomic E-state index is -5.10. The Hall–Kier alpha value is -2.28. The Morgan fingerprint density at radius 1 is 0.960 bits per heavy atom. The SMILES string of the molecule is CC1(C)OC(=O)C(=Cc2cc(S(=O)(=O)[O-])ccc2S(=O)(=O)[O-])C(=O)O1. The molecule has 2 rings (SSSR count). The van der Waals surface area contributed by atoms with Crippen LogP contribution < -0.4 is 0 Å². The fraction of sp³-hybridized carbons (Fsp3) is 0.231. The quantitative estimate of drug-likeness (QED) is 0.289. The van der Waals surface area contributed by atoms with Gasteiger partial charge in [-0.2, -0.15) is 0 Å². The van der Waals surface area contributed by atoms with E-state index in [1.807, 2.05) is 0 Å². The molecule has 0 spiro atoms. The standard InChI is InChI=1S/C13H12O10S2/c1-13(2)22-11(14)9(12(15)23-13)6-7-5-8(24(16,17)18)3-4-10(7)25(19,20)21/h3-6H,1-2H3,(H,16,17,18)(H,19,20,21)/p-2. The second-order valence-electron chi connectivity index (χ2n) is 5.34. The number of carbonyl (C=O) groups excluding carboxylic acids is 2. The molecule has 10 nitrogen and oxygen atoms in total. The van der Waals surface area contributed by atoms with Crippen molar-refractivity contribution in [2.75, 3.05) is 0 Å². The van der Waals surface area contributed by atoms with Crippen LogP contribution in [-0.4, -0.2) is 43.7 Å². The summed E-state index contributed by atoms with van der Waals surface area (Å²) in [5.41, 5.74) is -1.42. The van der Waals surface area contributed by atoms with Gasteiger partial charge in [-0.25, -0.2) is 26.4 Å². The Balaban J connectivity index is 2.68. The minimum Gasteiger partial charge on any atom is -0.744 e. The molecule has 0 aromatic heterocycles. The first-order valence-corrected chi connectivity index (χ1v) is 9.26. The molecule has 0 aliphatic carbocycles. The number of cyclic esters (lactones) is 2. The number of ether oxygens (including phenoxy) is 2. The molecule has 136 valence electrons. The Labute approximate surface area is 142 Å². The van der Waals surface area contributed by atoms with Gasteiger partial charge in [0.15, 0.2) is 0 Å². The predicted molar refractivity (Wildman–Crippen MR) is 76.6 cm³/mol. The number of rotatable bonds is 3. The lowest BCUT2D eigenvalue weighted by Crippen LogP contribution is -2.41. The number of carbonyl (C=O) groups is 2. The first-order chi connectivity index (χ1) is 11.2. The van der Waals surface area contributed by atoms with Gasteiger partial charge in [-0.05, 0) is 29.8 Å². The van der Waals surface area contributed by atoms with Crippen molar-refractivity contribution in [3.8, 4) is 0 Å². The molecule has 1 fully saturated rings. The zero-order chi connectivity index (χ0) is 19.2. The van der Waals surface area contributed by atoms with Gasteiger partial charge in [-0.1, -0.05) is 0 Å². The summed E-state index contributed by atoms with van der Waals surface area (Å²) in [6.07, 6.45) is 0.610. The second kappa shape index (κ2) is 5.91. The van der Waals surface area contributed by atoms with E-state index in [0.717, 1.165) is 0 Å². The van der Waals surface area contributed by atoms with Crippen LogP contribution in [-0.2, 0) is 39.3 Å². The third-order valence-corrected chi connectivity index (χ3v) is 4.70. The summed E-state index contributed by atoms with van der Waals surface area (Å²) >= 11 is 0. The number of benzene rings is 1. The second-order valence-corrected chi connectivity index (χ2v) is 8.07. The van der Waals surface area contributed by atoms with Crippen molar-refractivity contribution in [3.05, 3.63) is 29.3 Å². The van der Waals surface area contributed by atoms with Gasteiger partial charge in [0.2, 0.25) is 0 Å². The van der Waals surface area contributed by atoms with Crippen LogP contribution in [0.3, 0.4) is 0 Å². The van der Waals surface area contributed by atoms with Gasteiger partial charge in [0.05, 0.1) is 9.79 Å². The van der Waals surface area contributed by atoms with Crippen molar-refractivity contribution >= 4 is 38.3 Å². The van der Waals surface area contributed by atoms with E-state index in [2.05, 4.69) is 0 Å². The van der Waals surface area contributed by atoms with Crippen LogP contribution in [0, 0.1) is 0 Å². The summed E-state index contributed by atoms with van der Waals surface area (Å²) in [6.45, 7) is 2.55. The summed E-state index contributed by atoms with van der Waals surface area (Å²) in [4.78, 5) is 21.9. The van der Waals surface area contributed by atoms with E-state index in [9.17, 15) is 35.5 Å². The maximum atomic E-state index is 11.9. The molecule has 1 heterocycles. The molecule has 0 atom stereocenters. The van der Waals surface area contributed by atoms with E-state index in [4.69, 9.17) is 9.47 Å². The summed E-state index contributed by atoms with van der Waals surface area (Å²) in [7, 11) is -10.1. The molecule has 12 heteroatoms. The average Bonchev–Trinajstić information content (AvgIpc) is 2.39. The number of esters is 2. The van der Waals surface area contributed by atoms with Gasteiger partial charge in [-0.3, -0.25) is 0 Å². The van der Waals surface area contributed by atoms with Gasteiger partial charge in [0.25, 0.3) is 5.79 Å². The van der Waals surface area contributed by atoms with Crippen molar-refractivity contribution in [2.45, 2.75) is 29.4 Å². The molecule has 0 saturated carbocycles. The number of hydrogen-bond donors (Lipinski definition) is 0. The van der Waals surface area contributed by atoms with Crippen molar-refractivity contribution in [3.63, 3.8) is 0 Å². The smallest absolute Gasteiger partial charge is 0.348 e. The molecular weight excluding hydrogens is 380 g/mol. The lowest BCUT2D eigenvalue weighted by molar-refractivity contribution is -0.222. The Morgan fingerprint density at radius 2 is 1.48 bits per heavy atom. The molecule has 0 bridgehead atoms. The van der Waals surface area contributed by atoms with Crippen LogP contribution in [0.15, 0.2) is 33.6 Å². The van der Waals surface area contributed by atoms with Gasteiger partial charge >= 0.3 is 11.9 Å². The van der Waals surface area contributed by atoms with E-state index < -0.39 is 58.9 Å². The molecule has 0 unspecified atom stereocenters. The highest BCUT2D eigenvalue weighted by Crippen LogP contribution is 2.27. The number of hydrogen-bond acceptors (Lipinski definition) is 10. The summed E-state index contributed by atoms with van der Waals surface area (Å²) in [5, 5.41) is 0. The average molecular weight is 390 g/mol. The lowest BCUT2D eigenvalue weighted by atomic mass is 10.1. The van der Waals surface area contributed by atoms with Gasteiger partial charge in [0, 0.05) is 13.8 Å². The zero-order valence-corrected chi connectivity index (χ0v) is 14.3. The zero-order valence-electron chi connectivity index (χ0n) is 12.7. The normalized spacial score (nSPS) is 17.7. The Bertz CT molecular complexity index is 977. The highest BCUT2D eigenvalue weighted by molar-refractivity contribution is 7.86. The van der Waals surface area contributed by atoms with Crippen LogP contribution in [0.1, 0.15) is 19.4 Å². The molecule has 0 radical (unpaired) electrons. The van der Waals surface area contributed by atoms with E-state index in [-0.39, 0.29) is 0 Å². The Kier molecular flexibility index (Phi) is 4.50. The van der Waals surface area contributed by atoms with Gasteiger partial charge in [0.1, 0.15) is 25.8 Å². The topological polar surface area (TPSA) is 167 Å². The predicted octanol–water partition coefficient (Wildman–Crippen LogP) is -0.286. The highest BCUT2D eigenvalue weighted by Gasteiger charge is 2.39. The fourth-order valence-electron chi connectivity index (χ4n) is 1.96. The van der Waals surface area contributed by atoms with Crippen molar-refractivity contribution in [1.82, 2.24) is 0 Å².